The van der Waals surface area contributed by atoms with Crippen molar-refractivity contribution in [1.82, 2.24) is 15.3 Å². The maximum Gasteiger partial charge on any atom is 0.335 e. The zero-order valence-electron chi connectivity index (χ0n) is 20.9. The summed E-state index contributed by atoms with van der Waals surface area (Å²) in [5, 5.41) is 12.1. The van der Waals surface area contributed by atoms with Gasteiger partial charge in [0.1, 0.15) is 13.1 Å². The molecule has 0 saturated carbocycles. The van der Waals surface area contributed by atoms with Crippen molar-refractivity contribution < 1.29 is 23.8 Å². The Bertz CT molecular complexity index is 1350. The van der Waals surface area contributed by atoms with Crippen molar-refractivity contribution in [3.63, 3.8) is 0 Å². The highest BCUT2D eigenvalue weighted by Crippen LogP contribution is 2.17. The van der Waals surface area contributed by atoms with Gasteiger partial charge >= 0.3 is 5.97 Å². The molecule has 0 fully saturated rings. The first-order valence-corrected chi connectivity index (χ1v) is 12.5. The molecule has 8 heteroatoms. The first kappa shape index (κ1) is 25.6. The third kappa shape index (κ3) is 7.04. The normalized spacial score (nSPS) is 10.7. The van der Waals surface area contributed by atoms with E-state index in [0.717, 1.165) is 19.5 Å². The van der Waals surface area contributed by atoms with E-state index in [0.29, 0.717) is 23.5 Å². The molecule has 0 aromatic carbocycles. The first-order valence-electron chi connectivity index (χ1n) is 12.5. The van der Waals surface area contributed by atoms with E-state index in [4.69, 9.17) is 0 Å². The van der Waals surface area contributed by atoms with Crippen molar-refractivity contribution in [2.45, 2.75) is 39.3 Å². The van der Waals surface area contributed by atoms with Gasteiger partial charge in [0, 0.05) is 61.6 Å². The minimum Gasteiger partial charge on any atom is -0.478 e. The van der Waals surface area contributed by atoms with Crippen LogP contribution in [-0.4, -0.2) is 33.5 Å². The van der Waals surface area contributed by atoms with E-state index in [1.807, 2.05) is 0 Å². The molecule has 0 unspecified atom stereocenters. The van der Waals surface area contributed by atoms with E-state index in [-0.39, 0.29) is 11.5 Å². The van der Waals surface area contributed by atoms with Gasteiger partial charge in [0.2, 0.25) is 0 Å². The van der Waals surface area contributed by atoms with Crippen molar-refractivity contribution in [3.05, 3.63) is 96.8 Å². The predicted octanol–water partition coefficient (Wildman–Crippen LogP) is 3.70. The Balaban J connectivity index is 1.27. The first-order chi connectivity index (χ1) is 18.0. The maximum absolute atomic E-state index is 12.6. The summed E-state index contributed by atoms with van der Waals surface area (Å²) in [6, 6.07) is 14.6. The lowest BCUT2D eigenvalue weighted by Gasteiger charge is -2.06. The quantitative estimate of drug-likeness (QED) is 0.243. The lowest BCUT2D eigenvalue weighted by molar-refractivity contribution is -0.697. The third-order valence-electron chi connectivity index (χ3n) is 6.06. The van der Waals surface area contributed by atoms with Gasteiger partial charge in [0.05, 0.1) is 17.0 Å². The fraction of sp³-hybridized carbons (Fsp3) is 0.241. The van der Waals surface area contributed by atoms with E-state index >= 15 is 0 Å². The van der Waals surface area contributed by atoms with E-state index in [2.05, 4.69) is 80.4 Å². The Morgan fingerprint density at radius 1 is 0.784 bits per heavy atom. The van der Waals surface area contributed by atoms with Gasteiger partial charge < -0.3 is 10.4 Å². The number of carboxylic acid groups (broad SMARTS) is 1. The van der Waals surface area contributed by atoms with Crippen LogP contribution in [0.4, 0.5) is 0 Å². The summed E-state index contributed by atoms with van der Waals surface area (Å²) in [5.41, 5.74) is 3.77. The molecule has 188 valence electrons. The predicted molar refractivity (Wildman–Crippen MR) is 139 cm³/mol. The average molecular weight is 498 g/mol. The molecular weight excluding hydrogens is 466 g/mol. The number of rotatable bonds is 11. The second-order valence-corrected chi connectivity index (χ2v) is 8.78. The highest BCUT2D eigenvalue weighted by Gasteiger charge is 2.11. The lowest BCUT2D eigenvalue weighted by Crippen LogP contribution is -2.35. The standard InChI is InChI=1S/C29H29N5O3/c1-2-3-14-33-16-7-22(8-17-33)23-9-18-34(19-10-23)15-4-11-32-28(35)24-5-12-30-26(20-24)27-21-25(29(36)37)6-13-31-27/h5-10,12-13,16-21H,2-4,11,14-15H2,1H3/p+2. The van der Waals surface area contributed by atoms with E-state index in [9.17, 15) is 14.7 Å². The molecule has 0 atom stereocenters. The Labute approximate surface area is 216 Å². The van der Waals surface area contributed by atoms with Crippen molar-refractivity contribution in [3.8, 4) is 22.5 Å². The van der Waals surface area contributed by atoms with Crippen molar-refractivity contribution >= 4 is 11.9 Å². The Morgan fingerprint density at radius 2 is 1.30 bits per heavy atom. The number of nitrogens with one attached hydrogen (secondary N) is 1. The summed E-state index contributed by atoms with van der Waals surface area (Å²) >= 11 is 0. The van der Waals surface area contributed by atoms with E-state index < -0.39 is 5.97 Å². The Hall–Kier alpha value is -4.46. The molecule has 4 rings (SSSR count). The number of unbranched alkanes of at least 4 members (excludes halogenated alkanes) is 1. The molecule has 0 bridgehead atoms. The van der Waals surface area contributed by atoms with Gasteiger partial charge in [-0.3, -0.25) is 14.8 Å². The SMILES string of the molecule is CCCC[n+]1ccc(-c2cc[n+](CCCNC(=O)c3ccnc(-c4cc(C(=O)O)ccn4)c3)cc2)cc1. The number of carboxylic acids is 1. The molecule has 4 aromatic heterocycles. The summed E-state index contributed by atoms with van der Waals surface area (Å²) in [6.07, 6.45) is 14.5. The number of hydrogen-bond donors (Lipinski definition) is 2. The molecule has 37 heavy (non-hydrogen) atoms. The summed E-state index contributed by atoms with van der Waals surface area (Å²) in [7, 11) is 0. The van der Waals surface area contributed by atoms with E-state index in [1.54, 1.807) is 12.1 Å². The van der Waals surface area contributed by atoms with Gasteiger partial charge in [0.15, 0.2) is 24.8 Å². The summed E-state index contributed by atoms with van der Waals surface area (Å²) in [4.78, 5) is 32.3. The van der Waals surface area contributed by atoms with Gasteiger partial charge in [-0.15, -0.1) is 0 Å². The fourth-order valence-corrected chi connectivity index (χ4v) is 3.92. The minimum absolute atomic E-state index is 0.117. The topological polar surface area (TPSA) is 99.9 Å². The average Bonchev–Trinajstić information content (AvgIpc) is 2.95. The maximum atomic E-state index is 12.6. The molecule has 2 N–H and O–H groups in total. The third-order valence-corrected chi connectivity index (χ3v) is 6.06. The lowest BCUT2D eigenvalue weighted by atomic mass is 10.1. The summed E-state index contributed by atoms with van der Waals surface area (Å²) in [6.45, 7) is 4.54. The number of aromatic carboxylic acids is 1. The monoisotopic (exact) mass is 497 g/mol. The number of carbonyl (C=O) groups excluding carboxylic acids is 1. The molecule has 4 heterocycles. The number of amides is 1. The van der Waals surface area contributed by atoms with E-state index in [1.165, 1.54) is 48.5 Å². The van der Waals surface area contributed by atoms with Crippen LogP contribution in [-0.2, 0) is 13.1 Å². The Kier molecular flexibility index (Phi) is 8.65. The second-order valence-electron chi connectivity index (χ2n) is 8.78. The van der Waals surface area contributed by atoms with Crippen molar-refractivity contribution in [2.24, 2.45) is 0 Å². The molecule has 0 aliphatic heterocycles. The van der Waals surface area contributed by atoms with Crippen LogP contribution in [0.1, 0.15) is 46.9 Å². The van der Waals surface area contributed by atoms with Crippen LogP contribution in [0.25, 0.3) is 22.5 Å². The van der Waals surface area contributed by atoms with Crippen LogP contribution in [0, 0.1) is 0 Å². The molecule has 0 aliphatic rings. The largest absolute Gasteiger partial charge is 0.478 e. The number of carbonyl (C=O) groups is 2. The van der Waals surface area contributed by atoms with Crippen molar-refractivity contribution in [1.29, 1.82) is 0 Å². The number of hydrogen-bond acceptors (Lipinski definition) is 4. The van der Waals surface area contributed by atoms with Crippen LogP contribution in [0.3, 0.4) is 0 Å². The molecule has 0 saturated heterocycles. The van der Waals surface area contributed by atoms with Crippen LogP contribution < -0.4 is 14.5 Å². The van der Waals surface area contributed by atoms with Gasteiger partial charge in [0.25, 0.3) is 5.91 Å². The fourth-order valence-electron chi connectivity index (χ4n) is 3.92. The molecule has 0 spiro atoms. The second kappa shape index (κ2) is 12.5. The minimum atomic E-state index is -1.04. The molecule has 0 radical (unpaired) electrons. The molecule has 1 amide bonds. The van der Waals surface area contributed by atoms with Crippen LogP contribution in [0.2, 0.25) is 0 Å². The van der Waals surface area contributed by atoms with Gasteiger partial charge in [-0.05, 0) is 35.4 Å². The zero-order valence-corrected chi connectivity index (χ0v) is 20.9. The summed E-state index contributed by atoms with van der Waals surface area (Å²) < 4.78 is 4.32. The molecule has 8 nitrogen and oxygen atoms in total. The Morgan fingerprint density at radius 3 is 1.84 bits per heavy atom. The molecular formula is C29H31N5O3+2. The summed E-state index contributed by atoms with van der Waals surface area (Å²) in [5.74, 6) is -1.25. The number of aryl methyl sites for hydroxylation is 2. The van der Waals surface area contributed by atoms with Gasteiger partial charge in [-0.2, -0.15) is 0 Å². The van der Waals surface area contributed by atoms with Crippen LogP contribution in [0.15, 0.2) is 85.7 Å². The van der Waals surface area contributed by atoms with Crippen LogP contribution in [0.5, 0.6) is 0 Å². The number of pyridine rings is 4. The smallest absolute Gasteiger partial charge is 0.335 e. The highest BCUT2D eigenvalue weighted by atomic mass is 16.4. The molecule has 0 aliphatic carbocycles. The number of nitrogens with zero attached hydrogens (tertiary/aromatic N) is 4. The van der Waals surface area contributed by atoms with Crippen LogP contribution >= 0.6 is 0 Å². The van der Waals surface area contributed by atoms with Gasteiger partial charge in [-0.25, -0.2) is 13.9 Å². The highest BCUT2D eigenvalue weighted by molar-refractivity contribution is 5.95. The zero-order chi connectivity index (χ0) is 26.0. The number of aromatic nitrogens is 4. The van der Waals surface area contributed by atoms with Crippen molar-refractivity contribution in [2.75, 3.05) is 6.54 Å². The molecule has 4 aromatic rings. The van der Waals surface area contributed by atoms with Gasteiger partial charge in [-0.1, -0.05) is 13.3 Å².